The smallest absolute Gasteiger partial charge is 0.245 e. The summed E-state index contributed by atoms with van der Waals surface area (Å²) in [6.45, 7) is 8.71. The maximum absolute atomic E-state index is 13.0. The third-order valence-electron chi connectivity index (χ3n) is 7.68. The van der Waals surface area contributed by atoms with Gasteiger partial charge < -0.3 is 20.0 Å². The summed E-state index contributed by atoms with van der Waals surface area (Å²) < 4.78 is 0. The topological polar surface area (TPSA) is 80.7 Å². The fraction of sp³-hybridized carbons (Fsp3) is 0.615. The van der Waals surface area contributed by atoms with Crippen molar-refractivity contribution in [3.8, 4) is 0 Å². The molecule has 1 saturated carbocycles. The lowest BCUT2D eigenvalue weighted by atomic mass is 10.1. The number of amides is 1. The molecule has 4 heterocycles. The van der Waals surface area contributed by atoms with Crippen LogP contribution in [0.4, 0.5) is 23.3 Å². The Morgan fingerprint density at radius 2 is 1.80 bits per heavy atom. The van der Waals surface area contributed by atoms with Crippen molar-refractivity contribution in [2.24, 2.45) is 0 Å². The molecule has 1 saturated heterocycles. The summed E-state index contributed by atoms with van der Waals surface area (Å²) in [6, 6.07) is 4.87. The van der Waals surface area contributed by atoms with Gasteiger partial charge in [-0.2, -0.15) is 4.98 Å². The average molecular weight is 479 g/mol. The number of hydrogen-bond donors (Lipinski definition) is 1. The predicted octanol–water partition coefficient (Wildman–Crippen LogP) is 2.91. The Morgan fingerprint density at radius 3 is 2.43 bits per heavy atom. The van der Waals surface area contributed by atoms with Gasteiger partial charge in [0.05, 0.1) is 11.9 Å². The van der Waals surface area contributed by atoms with Crippen molar-refractivity contribution in [3.63, 3.8) is 0 Å². The molecule has 0 radical (unpaired) electrons. The van der Waals surface area contributed by atoms with Gasteiger partial charge >= 0.3 is 0 Å². The van der Waals surface area contributed by atoms with E-state index in [0.29, 0.717) is 24.5 Å². The standard InChI is InChI=1S/C26H38N8O/c1-18(2)32-11-13-33(14-12-32)21-9-10-23(27-17-21)29-26-28-16-19-15-22(25(35)31(3)4)34(24(19)30-26)20-7-5-6-8-20/h9-10,16-18,20,22H,5-8,11-15H2,1-4H3,(H,27,28,29,30). The van der Waals surface area contributed by atoms with Crippen LogP contribution in [0.5, 0.6) is 0 Å². The predicted molar refractivity (Wildman–Crippen MR) is 139 cm³/mol. The molecule has 1 aliphatic carbocycles. The largest absolute Gasteiger partial charge is 0.368 e. The molecular weight excluding hydrogens is 440 g/mol. The lowest BCUT2D eigenvalue weighted by molar-refractivity contribution is -0.130. The highest BCUT2D eigenvalue weighted by Gasteiger charge is 2.41. The van der Waals surface area contributed by atoms with Crippen molar-refractivity contribution in [1.82, 2.24) is 24.8 Å². The van der Waals surface area contributed by atoms with E-state index < -0.39 is 0 Å². The highest BCUT2D eigenvalue weighted by Crippen LogP contribution is 2.38. The molecule has 2 aromatic heterocycles. The van der Waals surface area contributed by atoms with Crippen LogP contribution in [0.3, 0.4) is 0 Å². The highest BCUT2D eigenvalue weighted by molar-refractivity contribution is 5.87. The van der Waals surface area contributed by atoms with Crippen LogP contribution in [-0.2, 0) is 11.2 Å². The maximum atomic E-state index is 13.0. The van der Waals surface area contributed by atoms with Gasteiger partial charge in [0.15, 0.2) is 0 Å². The lowest BCUT2D eigenvalue weighted by Gasteiger charge is -2.38. The second kappa shape index (κ2) is 9.97. The Kier molecular flexibility index (Phi) is 6.77. The number of fused-ring (bicyclic) bond motifs is 1. The fourth-order valence-corrected chi connectivity index (χ4v) is 5.65. The van der Waals surface area contributed by atoms with Crippen LogP contribution in [0.15, 0.2) is 24.5 Å². The summed E-state index contributed by atoms with van der Waals surface area (Å²) in [6.07, 6.45) is 9.10. The van der Waals surface area contributed by atoms with Crippen LogP contribution in [-0.4, -0.2) is 89.1 Å². The summed E-state index contributed by atoms with van der Waals surface area (Å²) in [4.78, 5) is 35.9. The van der Waals surface area contributed by atoms with E-state index in [1.165, 1.54) is 12.8 Å². The SMILES string of the molecule is CC(C)N1CCN(c2ccc(Nc3ncc4c(n3)N(C3CCCC3)C(C(=O)N(C)C)C4)nc2)CC1. The number of anilines is 4. The second-order valence-electron chi connectivity index (χ2n) is 10.5. The molecule has 5 rings (SSSR count). The molecule has 3 aliphatic rings. The van der Waals surface area contributed by atoms with Gasteiger partial charge in [0, 0.05) is 70.5 Å². The molecule has 188 valence electrons. The minimum atomic E-state index is -0.193. The quantitative estimate of drug-likeness (QED) is 0.679. The molecule has 1 atom stereocenters. The minimum absolute atomic E-state index is 0.135. The first-order chi connectivity index (χ1) is 16.9. The average Bonchev–Trinajstić information content (AvgIpc) is 3.51. The van der Waals surface area contributed by atoms with Crippen molar-refractivity contribution in [2.75, 3.05) is 55.4 Å². The van der Waals surface area contributed by atoms with E-state index in [1.54, 1.807) is 4.90 Å². The van der Waals surface area contributed by atoms with Gasteiger partial charge in [-0.1, -0.05) is 12.8 Å². The molecule has 2 fully saturated rings. The van der Waals surface area contributed by atoms with E-state index in [4.69, 9.17) is 4.98 Å². The van der Waals surface area contributed by atoms with E-state index in [-0.39, 0.29) is 11.9 Å². The third kappa shape index (κ3) is 4.91. The molecule has 1 N–H and O–H groups in total. The Hall–Kier alpha value is -2.94. The van der Waals surface area contributed by atoms with E-state index in [0.717, 1.165) is 61.9 Å². The van der Waals surface area contributed by atoms with Gasteiger partial charge in [-0.25, -0.2) is 9.97 Å². The van der Waals surface area contributed by atoms with Crippen LogP contribution in [0.2, 0.25) is 0 Å². The van der Waals surface area contributed by atoms with Crippen molar-refractivity contribution >= 4 is 29.2 Å². The number of likely N-dealkylation sites (N-methyl/N-ethyl adjacent to an activating group) is 1. The number of piperazine rings is 1. The van der Waals surface area contributed by atoms with Crippen molar-refractivity contribution in [1.29, 1.82) is 0 Å². The maximum Gasteiger partial charge on any atom is 0.245 e. The van der Waals surface area contributed by atoms with Crippen molar-refractivity contribution in [3.05, 3.63) is 30.1 Å². The minimum Gasteiger partial charge on any atom is -0.368 e. The Labute approximate surface area is 208 Å². The summed E-state index contributed by atoms with van der Waals surface area (Å²) in [5.74, 6) is 2.28. The number of carbonyl (C=O) groups excluding carboxylic acids is 1. The molecule has 2 aromatic rings. The zero-order chi connectivity index (χ0) is 24.5. The first kappa shape index (κ1) is 23.8. The molecule has 0 spiro atoms. The van der Waals surface area contributed by atoms with Crippen LogP contribution in [0.25, 0.3) is 0 Å². The van der Waals surface area contributed by atoms with Gasteiger partial charge in [0.25, 0.3) is 0 Å². The Morgan fingerprint density at radius 1 is 1.06 bits per heavy atom. The molecule has 35 heavy (non-hydrogen) atoms. The Bertz CT molecular complexity index is 1030. The zero-order valence-electron chi connectivity index (χ0n) is 21.4. The number of nitrogens with one attached hydrogen (secondary N) is 1. The first-order valence-corrected chi connectivity index (χ1v) is 13.0. The van der Waals surface area contributed by atoms with E-state index in [1.807, 2.05) is 32.6 Å². The molecule has 0 bridgehead atoms. The monoisotopic (exact) mass is 478 g/mol. The van der Waals surface area contributed by atoms with Gasteiger partial charge in [-0.3, -0.25) is 9.69 Å². The van der Waals surface area contributed by atoms with Crippen molar-refractivity contribution in [2.45, 2.75) is 64.1 Å². The third-order valence-corrected chi connectivity index (χ3v) is 7.68. The molecule has 2 aliphatic heterocycles. The van der Waals surface area contributed by atoms with E-state index >= 15 is 0 Å². The normalized spacial score (nSPS) is 21.0. The molecule has 9 heteroatoms. The van der Waals surface area contributed by atoms with Crippen LogP contribution in [0.1, 0.15) is 45.1 Å². The second-order valence-corrected chi connectivity index (χ2v) is 10.5. The molecule has 1 amide bonds. The van der Waals surface area contributed by atoms with Crippen LogP contribution < -0.4 is 15.1 Å². The van der Waals surface area contributed by atoms with Gasteiger partial charge in [-0.15, -0.1) is 0 Å². The number of hydrogen-bond acceptors (Lipinski definition) is 8. The van der Waals surface area contributed by atoms with E-state index in [2.05, 4.69) is 49.9 Å². The number of carbonyl (C=O) groups is 1. The first-order valence-electron chi connectivity index (χ1n) is 13.0. The summed E-state index contributed by atoms with van der Waals surface area (Å²) in [7, 11) is 3.66. The summed E-state index contributed by atoms with van der Waals surface area (Å²) in [5, 5.41) is 3.28. The lowest BCUT2D eigenvalue weighted by Crippen LogP contribution is -2.49. The number of nitrogens with zero attached hydrogens (tertiary/aromatic N) is 7. The van der Waals surface area contributed by atoms with Gasteiger partial charge in [0.2, 0.25) is 11.9 Å². The number of aromatic nitrogens is 3. The zero-order valence-corrected chi connectivity index (χ0v) is 21.4. The number of rotatable bonds is 6. The molecule has 0 aromatic carbocycles. The van der Waals surface area contributed by atoms with E-state index in [9.17, 15) is 4.79 Å². The van der Waals surface area contributed by atoms with Crippen molar-refractivity contribution < 1.29 is 4.79 Å². The molecule has 1 unspecified atom stereocenters. The van der Waals surface area contributed by atoms with Crippen LogP contribution >= 0.6 is 0 Å². The number of pyridine rings is 1. The van der Waals surface area contributed by atoms with Crippen LogP contribution in [0, 0.1) is 0 Å². The summed E-state index contributed by atoms with van der Waals surface area (Å²) >= 11 is 0. The Balaban J connectivity index is 1.30. The molecular formula is C26H38N8O. The molecule has 9 nitrogen and oxygen atoms in total. The highest BCUT2D eigenvalue weighted by atomic mass is 16.2. The fourth-order valence-electron chi connectivity index (χ4n) is 5.65. The summed E-state index contributed by atoms with van der Waals surface area (Å²) in [5.41, 5.74) is 2.19. The van der Waals surface area contributed by atoms with Gasteiger partial charge in [0.1, 0.15) is 17.7 Å². The van der Waals surface area contributed by atoms with Gasteiger partial charge in [-0.05, 0) is 38.8 Å².